The maximum absolute atomic E-state index is 15.5. The highest BCUT2D eigenvalue weighted by Gasteiger charge is 2.76. The fourth-order valence-corrected chi connectivity index (χ4v) is 8.28. The number of aliphatic imine (C=N–C) groups is 2. The molecule has 4 heterocycles. The normalized spacial score (nSPS) is 27.6. The first-order valence-corrected chi connectivity index (χ1v) is 15.8. The van der Waals surface area contributed by atoms with Gasteiger partial charge in [0.15, 0.2) is 0 Å². The fraction of sp³-hybridized carbons (Fsp3) is 0.154. The number of amides is 1. The monoisotopic (exact) mass is 600 g/mol. The van der Waals surface area contributed by atoms with Gasteiger partial charge in [-0.15, -0.1) is 0 Å². The molecule has 7 heteroatoms. The van der Waals surface area contributed by atoms with Crippen LogP contribution in [0.4, 0.5) is 11.4 Å². The number of para-hydroxylation sites is 2. The van der Waals surface area contributed by atoms with E-state index in [0.29, 0.717) is 12.4 Å². The summed E-state index contributed by atoms with van der Waals surface area (Å²) in [6.07, 6.45) is 0. The van der Waals surface area contributed by atoms with E-state index in [-0.39, 0.29) is 17.9 Å². The van der Waals surface area contributed by atoms with Crippen molar-refractivity contribution in [2.75, 3.05) is 16.6 Å². The predicted octanol–water partition coefficient (Wildman–Crippen LogP) is 6.63. The Balaban J connectivity index is 1.38. The first kappa shape index (κ1) is 26.7. The molecule has 1 amide bonds. The summed E-state index contributed by atoms with van der Waals surface area (Å²) in [7, 11) is 0. The Kier molecular flexibility index (Phi) is 5.90. The van der Waals surface area contributed by atoms with Crippen molar-refractivity contribution in [3.8, 4) is 0 Å². The molecule has 5 aromatic rings. The Morgan fingerprint density at radius 2 is 1.02 bits per heavy atom. The van der Waals surface area contributed by atoms with E-state index in [1.165, 1.54) is 0 Å². The topological polar surface area (TPSA) is 72.3 Å². The lowest BCUT2D eigenvalue weighted by atomic mass is 9.49. The quantitative estimate of drug-likeness (QED) is 0.238. The molecule has 5 atom stereocenters. The Morgan fingerprint density at radius 1 is 0.543 bits per heavy atom. The van der Waals surface area contributed by atoms with Crippen LogP contribution >= 0.6 is 0 Å². The molecule has 4 aliphatic heterocycles. The molecule has 0 saturated carbocycles. The van der Waals surface area contributed by atoms with Gasteiger partial charge in [-0.2, -0.15) is 0 Å². The van der Waals surface area contributed by atoms with E-state index in [1.54, 1.807) is 5.01 Å². The van der Waals surface area contributed by atoms with Gasteiger partial charge in [0, 0.05) is 5.92 Å². The van der Waals surface area contributed by atoms with Crippen molar-refractivity contribution in [1.82, 2.24) is 10.9 Å². The van der Waals surface area contributed by atoms with Crippen LogP contribution in [0.2, 0.25) is 0 Å². The molecule has 0 radical (unpaired) electrons. The van der Waals surface area contributed by atoms with E-state index in [9.17, 15) is 0 Å². The van der Waals surface area contributed by atoms with Gasteiger partial charge in [-0.3, -0.25) is 30.6 Å². The van der Waals surface area contributed by atoms with Crippen LogP contribution in [-0.2, 0) is 4.79 Å². The predicted molar refractivity (Wildman–Crippen MR) is 181 cm³/mol. The number of rotatable bonds is 5. The number of hydrogen-bond donors (Lipinski definition) is 2. The van der Waals surface area contributed by atoms with Crippen LogP contribution in [0.1, 0.15) is 34.7 Å². The van der Waals surface area contributed by atoms with E-state index in [1.807, 2.05) is 66.7 Å². The summed E-state index contributed by atoms with van der Waals surface area (Å²) in [5.41, 5.74) is 10.4. The third-order valence-electron chi connectivity index (χ3n) is 10.1. The summed E-state index contributed by atoms with van der Waals surface area (Å²) in [6, 6.07) is 50.5. The number of hydrazine groups is 2. The lowest BCUT2D eigenvalue weighted by molar-refractivity contribution is -0.127. The van der Waals surface area contributed by atoms with Gasteiger partial charge in [0.25, 0.3) is 5.91 Å². The summed E-state index contributed by atoms with van der Waals surface area (Å²) < 4.78 is 0. The maximum Gasteiger partial charge on any atom is 0.262 e. The summed E-state index contributed by atoms with van der Waals surface area (Å²) in [5.74, 6) is 1.15. The zero-order valence-corrected chi connectivity index (χ0v) is 25.1. The van der Waals surface area contributed by atoms with Crippen LogP contribution < -0.4 is 20.9 Å². The van der Waals surface area contributed by atoms with Gasteiger partial charge in [-0.05, 0) is 41.0 Å². The van der Waals surface area contributed by atoms with Gasteiger partial charge in [-0.25, -0.2) is 5.01 Å². The second kappa shape index (κ2) is 10.2. The average molecular weight is 601 g/mol. The summed E-state index contributed by atoms with van der Waals surface area (Å²) in [4.78, 5) is 26.7. The minimum Gasteiger partial charge on any atom is -0.286 e. The third-order valence-corrected chi connectivity index (χ3v) is 10.1. The Hall–Kier alpha value is -5.69. The summed E-state index contributed by atoms with van der Waals surface area (Å²) >= 11 is 0. The molecule has 2 fully saturated rings. The van der Waals surface area contributed by atoms with Crippen molar-refractivity contribution in [3.05, 3.63) is 168 Å². The second-order valence-electron chi connectivity index (χ2n) is 12.5. The molecular weight excluding hydrogens is 568 g/mol. The zero-order chi connectivity index (χ0) is 30.7. The summed E-state index contributed by atoms with van der Waals surface area (Å²) in [6.45, 7) is 0.577. The van der Waals surface area contributed by atoms with Gasteiger partial charge in [0.1, 0.15) is 17.1 Å². The minimum absolute atomic E-state index is 0.0491. The molecule has 9 rings (SSSR count). The molecular formula is C39H32N6O. The van der Waals surface area contributed by atoms with Crippen LogP contribution in [0.5, 0.6) is 0 Å². The van der Waals surface area contributed by atoms with Crippen LogP contribution in [0, 0.1) is 10.8 Å². The molecule has 5 aromatic carbocycles. The van der Waals surface area contributed by atoms with Crippen molar-refractivity contribution >= 4 is 29.0 Å². The fourth-order valence-electron chi connectivity index (χ4n) is 8.28. The molecule has 7 nitrogen and oxygen atoms in total. The van der Waals surface area contributed by atoms with Crippen molar-refractivity contribution in [2.45, 2.75) is 18.0 Å². The van der Waals surface area contributed by atoms with Crippen LogP contribution in [-0.4, -0.2) is 24.1 Å². The van der Waals surface area contributed by atoms with E-state index in [4.69, 9.17) is 9.98 Å². The first-order valence-electron chi connectivity index (χ1n) is 15.8. The summed E-state index contributed by atoms with van der Waals surface area (Å²) in [5, 5.41) is 3.89. The van der Waals surface area contributed by atoms with Gasteiger partial charge < -0.3 is 0 Å². The Morgan fingerprint density at radius 3 is 1.61 bits per heavy atom. The van der Waals surface area contributed by atoms with Gasteiger partial charge in [0.05, 0.1) is 35.4 Å². The maximum atomic E-state index is 15.5. The van der Waals surface area contributed by atoms with E-state index >= 15 is 4.79 Å². The average Bonchev–Trinajstić information content (AvgIpc) is 3.64. The lowest BCUT2D eigenvalue weighted by Gasteiger charge is -2.56. The van der Waals surface area contributed by atoms with E-state index < -0.39 is 16.9 Å². The first-order chi connectivity index (χ1) is 22.7. The van der Waals surface area contributed by atoms with E-state index in [2.05, 4.69) is 101 Å². The van der Waals surface area contributed by atoms with Crippen LogP contribution in [0.3, 0.4) is 0 Å². The number of benzene rings is 5. The SMILES string of the molecule is O=C1N(c2ccccc2)NC2=N[C@H](c3ccccc3)C34CN(c5ccccc5)NC3=N[C@@H](c3ccccc3)C12[C@H]4c1ccccc1. The number of nitrogens with zero attached hydrogens (tertiary/aromatic N) is 4. The van der Waals surface area contributed by atoms with Crippen LogP contribution in [0.25, 0.3) is 0 Å². The third kappa shape index (κ3) is 3.62. The minimum atomic E-state index is -1.14. The van der Waals surface area contributed by atoms with Gasteiger partial charge in [0.2, 0.25) is 0 Å². The molecule has 0 aromatic heterocycles. The molecule has 2 saturated heterocycles. The Labute approximate surface area is 267 Å². The molecule has 2 unspecified atom stereocenters. The number of anilines is 2. The smallest absolute Gasteiger partial charge is 0.262 e. The molecule has 2 N–H and O–H groups in total. The second-order valence-corrected chi connectivity index (χ2v) is 12.5. The Bertz CT molecular complexity index is 1970. The zero-order valence-electron chi connectivity index (χ0n) is 25.1. The van der Waals surface area contributed by atoms with Gasteiger partial charge in [-0.1, -0.05) is 127 Å². The van der Waals surface area contributed by atoms with Gasteiger partial charge >= 0.3 is 0 Å². The molecule has 2 spiro atoms. The van der Waals surface area contributed by atoms with Crippen molar-refractivity contribution in [2.24, 2.45) is 20.8 Å². The highest BCUT2D eigenvalue weighted by molar-refractivity contribution is 6.23. The molecule has 2 bridgehead atoms. The number of nitrogens with one attached hydrogen (secondary N) is 2. The number of amidine groups is 2. The molecule has 4 aliphatic rings. The molecule has 224 valence electrons. The number of carbonyl (C=O) groups is 1. The number of carbonyl (C=O) groups excluding carboxylic acids is 1. The molecule has 0 aliphatic carbocycles. The van der Waals surface area contributed by atoms with Crippen LogP contribution in [0.15, 0.2) is 162 Å². The highest BCUT2D eigenvalue weighted by Crippen LogP contribution is 2.69. The van der Waals surface area contributed by atoms with E-state index in [0.717, 1.165) is 33.9 Å². The standard InChI is InChI=1S/C39H32N6O/c46-37-39-32(27-16-6-1-7-17-27)38(33(28-18-8-2-9-19-28)40-36(39)43-45(37)31-24-14-5-15-25-31)26-44(30-22-12-4-13-23-30)42-35(38)41-34(39)29-20-10-3-11-21-29/h1-25,32-34H,26H2,(H,40,43)(H,41,42)/t32-,33+,34-,38?,39?/m0/s1. The molecule has 46 heavy (non-hydrogen) atoms. The van der Waals surface area contributed by atoms with Crippen molar-refractivity contribution < 1.29 is 4.79 Å². The van der Waals surface area contributed by atoms with Crippen molar-refractivity contribution in [3.63, 3.8) is 0 Å². The number of hydrogen-bond acceptors (Lipinski definition) is 6. The highest BCUT2D eigenvalue weighted by atomic mass is 16.2. The van der Waals surface area contributed by atoms with Crippen molar-refractivity contribution in [1.29, 1.82) is 0 Å². The largest absolute Gasteiger partial charge is 0.286 e. The lowest BCUT2D eigenvalue weighted by Crippen LogP contribution is -2.62.